The van der Waals surface area contributed by atoms with Crippen LogP contribution in [-0.2, 0) is 4.79 Å². The Balaban J connectivity index is 1.91. The number of hydrogen-bond acceptors (Lipinski definition) is 2. The molecule has 0 amide bonds. The number of aliphatic carboxylic acids is 1. The highest BCUT2D eigenvalue weighted by molar-refractivity contribution is 5.70. The van der Waals surface area contributed by atoms with E-state index in [4.69, 9.17) is 5.11 Å². The molecule has 1 unspecified atom stereocenters. The van der Waals surface area contributed by atoms with Gasteiger partial charge in [-0.05, 0) is 30.7 Å². The maximum atomic E-state index is 11.0. The molecule has 0 aromatic heterocycles. The minimum Gasteiger partial charge on any atom is -0.481 e. The number of hydrogen-bond donors (Lipinski definition) is 2. The molecule has 1 aromatic rings. The van der Waals surface area contributed by atoms with Crippen LogP contribution in [-0.4, -0.2) is 16.2 Å². The van der Waals surface area contributed by atoms with Crippen molar-refractivity contribution in [2.45, 2.75) is 38.2 Å². The van der Waals surface area contributed by atoms with Gasteiger partial charge in [-0.2, -0.15) is 0 Å². The summed E-state index contributed by atoms with van der Waals surface area (Å²) in [5.41, 5.74) is 0.926. The first-order chi connectivity index (χ1) is 8.66. The molecule has 0 saturated heterocycles. The van der Waals surface area contributed by atoms with Crippen LogP contribution in [0.5, 0.6) is 0 Å². The molecule has 1 aromatic carbocycles. The number of aliphatic hydroxyl groups is 1. The molecule has 3 heteroatoms. The predicted octanol–water partition coefficient (Wildman–Crippen LogP) is 3.00. The van der Waals surface area contributed by atoms with Crippen molar-refractivity contribution in [2.24, 2.45) is 11.8 Å². The van der Waals surface area contributed by atoms with E-state index in [1.54, 1.807) is 0 Å². The van der Waals surface area contributed by atoms with Crippen molar-refractivity contribution in [1.29, 1.82) is 0 Å². The molecule has 2 N–H and O–H groups in total. The average molecular weight is 248 g/mol. The van der Waals surface area contributed by atoms with Gasteiger partial charge < -0.3 is 10.2 Å². The van der Waals surface area contributed by atoms with Crippen LogP contribution in [0.3, 0.4) is 0 Å². The molecule has 0 heterocycles. The number of aliphatic hydroxyl groups excluding tert-OH is 1. The van der Waals surface area contributed by atoms with Gasteiger partial charge in [0.15, 0.2) is 0 Å². The normalized spacial score (nSPS) is 25.6. The molecule has 2 rings (SSSR count). The van der Waals surface area contributed by atoms with E-state index >= 15 is 0 Å². The zero-order chi connectivity index (χ0) is 13.0. The Kier molecular flexibility index (Phi) is 4.37. The second-order valence-electron chi connectivity index (χ2n) is 5.23. The van der Waals surface area contributed by atoms with E-state index < -0.39 is 12.1 Å². The summed E-state index contributed by atoms with van der Waals surface area (Å²) in [5, 5.41) is 19.2. The molecule has 1 saturated carbocycles. The first-order valence-electron chi connectivity index (χ1n) is 6.62. The molecule has 18 heavy (non-hydrogen) atoms. The summed E-state index contributed by atoms with van der Waals surface area (Å²) in [5.74, 6) is -0.573. The Morgan fingerprint density at radius 2 is 2.00 bits per heavy atom. The highest BCUT2D eigenvalue weighted by Gasteiger charge is 2.28. The minimum atomic E-state index is -0.686. The van der Waals surface area contributed by atoms with Crippen LogP contribution in [0.4, 0.5) is 0 Å². The van der Waals surface area contributed by atoms with Gasteiger partial charge in [-0.25, -0.2) is 0 Å². The topological polar surface area (TPSA) is 57.5 Å². The van der Waals surface area contributed by atoms with E-state index in [1.165, 1.54) is 0 Å². The van der Waals surface area contributed by atoms with Gasteiger partial charge in [-0.1, -0.05) is 43.2 Å². The first kappa shape index (κ1) is 13.1. The Morgan fingerprint density at radius 3 is 2.67 bits per heavy atom. The Bertz CT molecular complexity index is 388. The quantitative estimate of drug-likeness (QED) is 0.861. The van der Waals surface area contributed by atoms with Crippen LogP contribution in [0, 0.1) is 11.8 Å². The standard InChI is InChI=1S/C15H20O3/c16-14(12-6-2-1-3-7-12)10-11-5-4-8-13(9-11)15(17)18/h1-3,6-7,11,13-14,16H,4-5,8-10H2,(H,17,18)/t11-,13-,14?/m1/s1. The van der Waals surface area contributed by atoms with E-state index in [2.05, 4.69) is 0 Å². The summed E-state index contributed by atoms with van der Waals surface area (Å²) < 4.78 is 0. The Hall–Kier alpha value is -1.35. The number of carboxylic acids is 1. The fraction of sp³-hybridized carbons (Fsp3) is 0.533. The minimum absolute atomic E-state index is 0.216. The van der Waals surface area contributed by atoms with Crippen molar-refractivity contribution in [3.63, 3.8) is 0 Å². The largest absolute Gasteiger partial charge is 0.481 e. The molecule has 0 aliphatic heterocycles. The summed E-state index contributed by atoms with van der Waals surface area (Å²) in [6.45, 7) is 0. The van der Waals surface area contributed by atoms with Gasteiger partial charge in [0, 0.05) is 0 Å². The van der Waals surface area contributed by atoms with Crippen LogP contribution in [0.25, 0.3) is 0 Å². The van der Waals surface area contributed by atoms with Gasteiger partial charge in [-0.15, -0.1) is 0 Å². The SMILES string of the molecule is O=C(O)[C@@H]1CCC[C@@H](CC(O)c2ccccc2)C1. The lowest BCUT2D eigenvalue weighted by Gasteiger charge is -2.28. The zero-order valence-electron chi connectivity index (χ0n) is 10.5. The van der Waals surface area contributed by atoms with E-state index in [9.17, 15) is 9.90 Å². The molecular weight excluding hydrogens is 228 g/mol. The van der Waals surface area contributed by atoms with Crippen molar-refractivity contribution < 1.29 is 15.0 Å². The second-order valence-corrected chi connectivity index (χ2v) is 5.23. The summed E-state index contributed by atoms with van der Waals surface area (Å²) in [4.78, 5) is 11.0. The lowest BCUT2D eigenvalue weighted by Crippen LogP contribution is -2.23. The monoisotopic (exact) mass is 248 g/mol. The number of carboxylic acid groups (broad SMARTS) is 1. The van der Waals surface area contributed by atoms with Crippen molar-refractivity contribution in [3.8, 4) is 0 Å². The van der Waals surface area contributed by atoms with E-state index in [0.29, 0.717) is 18.8 Å². The van der Waals surface area contributed by atoms with Crippen LogP contribution in [0.1, 0.15) is 43.8 Å². The summed E-state index contributed by atoms with van der Waals surface area (Å²) in [6, 6.07) is 9.60. The van der Waals surface area contributed by atoms with Crippen molar-refractivity contribution in [1.82, 2.24) is 0 Å². The molecule has 3 atom stereocenters. The third-order valence-electron chi connectivity index (χ3n) is 3.87. The molecule has 0 spiro atoms. The lowest BCUT2D eigenvalue weighted by molar-refractivity contribution is -0.143. The van der Waals surface area contributed by atoms with Crippen molar-refractivity contribution in [3.05, 3.63) is 35.9 Å². The zero-order valence-corrected chi connectivity index (χ0v) is 10.5. The van der Waals surface area contributed by atoms with E-state index in [1.807, 2.05) is 30.3 Å². The highest BCUT2D eigenvalue weighted by atomic mass is 16.4. The van der Waals surface area contributed by atoms with Crippen LogP contribution in [0.2, 0.25) is 0 Å². The molecule has 1 fully saturated rings. The maximum Gasteiger partial charge on any atom is 0.306 e. The van der Waals surface area contributed by atoms with Crippen LogP contribution in [0.15, 0.2) is 30.3 Å². The van der Waals surface area contributed by atoms with Gasteiger partial charge in [-0.3, -0.25) is 4.79 Å². The lowest BCUT2D eigenvalue weighted by atomic mass is 9.78. The maximum absolute atomic E-state index is 11.0. The highest BCUT2D eigenvalue weighted by Crippen LogP contribution is 2.35. The number of rotatable bonds is 4. The van der Waals surface area contributed by atoms with Gasteiger partial charge >= 0.3 is 5.97 Å². The van der Waals surface area contributed by atoms with Crippen molar-refractivity contribution >= 4 is 5.97 Å². The molecule has 3 nitrogen and oxygen atoms in total. The molecule has 0 radical (unpaired) electrons. The first-order valence-corrected chi connectivity index (χ1v) is 6.62. The number of carbonyl (C=O) groups is 1. The van der Waals surface area contributed by atoms with Crippen LogP contribution >= 0.6 is 0 Å². The Labute approximate surface area is 107 Å². The predicted molar refractivity (Wildman–Crippen MR) is 69.1 cm³/mol. The molecule has 98 valence electrons. The summed E-state index contributed by atoms with van der Waals surface area (Å²) >= 11 is 0. The van der Waals surface area contributed by atoms with Gasteiger partial charge in [0.1, 0.15) is 0 Å². The fourth-order valence-electron chi connectivity index (χ4n) is 2.86. The van der Waals surface area contributed by atoms with Crippen molar-refractivity contribution in [2.75, 3.05) is 0 Å². The molecular formula is C15H20O3. The third-order valence-corrected chi connectivity index (χ3v) is 3.87. The van der Waals surface area contributed by atoms with Crippen LogP contribution < -0.4 is 0 Å². The molecule has 1 aliphatic rings. The van der Waals surface area contributed by atoms with Gasteiger partial charge in [0.2, 0.25) is 0 Å². The second kappa shape index (κ2) is 6.01. The number of benzene rings is 1. The fourth-order valence-corrected chi connectivity index (χ4v) is 2.86. The molecule has 0 bridgehead atoms. The molecule has 1 aliphatic carbocycles. The Morgan fingerprint density at radius 1 is 1.28 bits per heavy atom. The van der Waals surface area contributed by atoms with E-state index in [-0.39, 0.29) is 5.92 Å². The smallest absolute Gasteiger partial charge is 0.306 e. The van der Waals surface area contributed by atoms with E-state index in [0.717, 1.165) is 24.8 Å². The van der Waals surface area contributed by atoms with Gasteiger partial charge in [0.05, 0.1) is 12.0 Å². The van der Waals surface area contributed by atoms with Gasteiger partial charge in [0.25, 0.3) is 0 Å². The third kappa shape index (κ3) is 3.33. The summed E-state index contributed by atoms with van der Waals surface area (Å²) in [6.07, 6.45) is 3.70. The average Bonchev–Trinajstić information content (AvgIpc) is 2.40. The summed E-state index contributed by atoms with van der Waals surface area (Å²) in [7, 11) is 0.